The van der Waals surface area contributed by atoms with Crippen molar-refractivity contribution < 1.29 is 19.4 Å². The highest BCUT2D eigenvalue weighted by molar-refractivity contribution is 5.74. The fraction of sp³-hybridized carbons (Fsp3) is 0.562. The highest BCUT2D eigenvalue weighted by Crippen LogP contribution is 2.37. The first-order valence-electron chi connectivity index (χ1n) is 7.39. The van der Waals surface area contributed by atoms with Gasteiger partial charge in [0.05, 0.1) is 5.41 Å². The second-order valence-electron chi connectivity index (χ2n) is 5.93. The van der Waals surface area contributed by atoms with E-state index in [1.807, 2.05) is 6.92 Å². The average Bonchev–Trinajstić information content (AvgIpc) is 2.40. The lowest BCUT2D eigenvalue weighted by Crippen LogP contribution is -2.44. The summed E-state index contributed by atoms with van der Waals surface area (Å²) in [6.07, 6.45) is 2.82. The molecule has 0 saturated carbocycles. The lowest BCUT2D eigenvalue weighted by molar-refractivity contribution is -0.152. The van der Waals surface area contributed by atoms with Crippen LogP contribution in [-0.2, 0) is 11.3 Å². The Bertz CT molecular complexity index is 490. The Morgan fingerprint density at radius 1 is 1.33 bits per heavy atom. The molecule has 5 heteroatoms. The zero-order chi connectivity index (χ0) is 15.5. The van der Waals surface area contributed by atoms with Crippen LogP contribution in [0.4, 0.5) is 4.39 Å². The number of carboxylic acids is 1. The second kappa shape index (κ2) is 6.43. The van der Waals surface area contributed by atoms with Gasteiger partial charge in [-0.3, -0.25) is 9.69 Å². The van der Waals surface area contributed by atoms with Crippen LogP contribution >= 0.6 is 0 Å². The van der Waals surface area contributed by atoms with Crippen molar-refractivity contribution in [3.05, 3.63) is 29.6 Å². The standard InChI is InChI=1S/C16H22FNO3/c1-2-3-16(15(20)21)4-6-18(7-5-16)11-12-8-13(17)10-14(19)9-12/h8-10,19H,2-7,11H2,1H3,(H,20,21). The Hall–Kier alpha value is -1.62. The molecule has 4 nitrogen and oxygen atoms in total. The molecule has 1 fully saturated rings. The van der Waals surface area contributed by atoms with Crippen molar-refractivity contribution in [1.82, 2.24) is 4.90 Å². The van der Waals surface area contributed by atoms with Gasteiger partial charge < -0.3 is 10.2 Å². The first-order chi connectivity index (χ1) is 9.95. The maximum atomic E-state index is 13.3. The second-order valence-corrected chi connectivity index (χ2v) is 5.93. The van der Waals surface area contributed by atoms with E-state index in [2.05, 4.69) is 4.90 Å². The molecule has 2 N–H and O–H groups in total. The molecule has 1 aromatic rings. The normalized spacial score (nSPS) is 18.6. The molecule has 1 heterocycles. The first kappa shape index (κ1) is 15.8. The van der Waals surface area contributed by atoms with Crippen LogP contribution in [0.5, 0.6) is 5.75 Å². The van der Waals surface area contributed by atoms with Gasteiger partial charge in [-0.15, -0.1) is 0 Å². The van der Waals surface area contributed by atoms with Crippen LogP contribution in [0.2, 0.25) is 0 Å². The Kier molecular flexibility index (Phi) is 4.83. The number of phenolic OH excluding ortho intramolecular Hbond substituents is 1. The lowest BCUT2D eigenvalue weighted by Gasteiger charge is -2.38. The molecule has 1 aliphatic rings. The van der Waals surface area contributed by atoms with Gasteiger partial charge in [0.25, 0.3) is 0 Å². The monoisotopic (exact) mass is 295 g/mol. The van der Waals surface area contributed by atoms with Gasteiger partial charge >= 0.3 is 5.97 Å². The third-order valence-electron chi connectivity index (χ3n) is 4.34. The van der Waals surface area contributed by atoms with Crippen LogP contribution in [0.15, 0.2) is 18.2 Å². The molecule has 0 unspecified atom stereocenters. The van der Waals surface area contributed by atoms with Crippen LogP contribution in [0.25, 0.3) is 0 Å². The molecule has 21 heavy (non-hydrogen) atoms. The van der Waals surface area contributed by atoms with Crippen molar-refractivity contribution >= 4 is 5.97 Å². The Morgan fingerprint density at radius 2 is 2.00 bits per heavy atom. The van der Waals surface area contributed by atoms with Crippen LogP contribution in [-0.4, -0.2) is 34.2 Å². The zero-order valence-electron chi connectivity index (χ0n) is 12.3. The summed E-state index contributed by atoms with van der Waals surface area (Å²) in [5, 5.41) is 18.9. The van der Waals surface area contributed by atoms with Crippen molar-refractivity contribution in [2.75, 3.05) is 13.1 Å². The fourth-order valence-corrected chi connectivity index (χ4v) is 3.17. The summed E-state index contributed by atoms with van der Waals surface area (Å²) in [7, 11) is 0. The van der Waals surface area contributed by atoms with E-state index in [9.17, 15) is 19.4 Å². The number of halogens is 1. The maximum Gasteiger partial charge on any atom is 0.309 e. The van der Waals surface area contributed by atoms with Crippen molar-refractivity contribution in [2.45, 2.75) is 39.2 Å². The van der Waals surface area contributed by atoms with Gasteiger partial charge in [-0.2, -0.15) is 0 Å². The third-order valence-corrected chi connectivity index (χ3v) is 4.34. The van der Waals surface area contributed by atoms with Crippen molar-refractivity contribution in [2.24, 2.45) is 5.41 Å². The fourth-order valence-electron chi connectivity index (χ4n) is 3.17. The van der Waals surface area contributed by atoms with Crippen molar-refractivity contribution in [3.63, 3.8) is 0 Å². The van der Waals surface area contributed by atoms with Gasteiger partial charge in [-0.25, -0.2) is 4.39 Å². The lowest BCUT2D eigenvalue weighted by atomic mass is 9.75. The maximum absolute atomic E-state index is 13.3. The molecule has 0 aromatic heterocycles. The average molecular weight is 295 g/mol. The molecule has 0 radical (unpaired) electrons. The number of rotatable bonds is 5. The molecule has 2 rings (SSSR count). The number of carboxylic acid groups (broad SMARTS) is 1. The summed E-state index contributed by atoms with van der Waals surface area (Å²) in [4.78, 5) is 13.6. The van der Waals surface area contributed by atoms with E-state index in [4.69, 9.17) is 0 Å². The number of hydrogen-bond acceptors (Lipinski definition) is 3. The van der Waals surface area contributed by atoms with Crippen LogP contribution in [0, 0.1) is 11.2 Å². The van der Waals surface area contributed by atoms with Gasteiger partial charge in [0.1, 0.15) is 11.6 Å². The van der Waals surface area contributed by atoms with Gasteiger partial charge in [-0.1, -0.05) is 13.3 Å². The van der Waals surface area contributed by atoms with E-state index in [0.29, 0.717) is 44.5 Å². The molecular weight excluding hydrogens is 273 g/mol. The Labute approximate surface area is 124 Å². The molecule has 0 spiro atoms. The van der Waals surface area contributed by atoms with E-state index >= 15 is 0 Å². The summed E-state index contributed by atoms with van der Waals surface area (Å²) in [5.74, 6) is -1.23. The van der Waals surface area contributed by atoms with Gasteiger partial charge in [-0.05, 0) is 50.0 Å². The molecule has 1 aromatic carbocycles. The highest BCUT2D eigenvalue weighted by Gasteiger charge is 2.40. The number of nitrogens with zero attached hydrogens (tertiary/aromatic N) is 1. The van der Waals surface area contributed by atoms with Gasteiger partial charge in [0.15, 0.2) is 0 Å². The molecule has 0 atom stereocenters. The number of carbonyl (C=O) groups is 1. The number of benzene rings is 1. The molecular formula is C16H22FNO3. The topological polar surface area (TPSA) is 60.8 Å². The van der Waals surface area contributed by atoms with Gasteiger partial charge in [0, 0.05) is 12.6 Å². The highest BCUT2D eigenvalue weighted by atomic mass is 19.1. The van der Waals surface area contributed by atoms with E-state index < -0.39 is 17.2 Å². The van der Waals surface area contributed by atoms with Crippen molar-refractivity contribution in [3.8, 4) is 5.75 Å². The minimum atomic E-state index is -0.701. The van der Waals surface area contributed by atoms with E-state index in [1.165, 1.54) is 6.07 Å². The first-order valence-corrected chi connectivity index (χ1v) is 7.39. The quantitative estimate of drug-likeness (QED) is 0.876. The number of hydrogen-bond donors (Lipinski definition) is 2. The molecule has 116 valence electrons. The Balaban J connectivity index is 1.99. The predicted octanol–water partition coefficient (Wildman–Crippen LogP) is 3.00. The predicted molar refractivity (Wildman–Crippen MR) is 77.6 cm³/mol. The summed E-state index contributed by atoms with van der Waals surface area (Å²) in [6.45, 7) is 3.91. The summed E-state index contributed by atoms with van der Waals surface area (Å²) in [5.41, 5.74) is 0.112. The van der Waals surface area contributed by atoms with E-state index in [1.54, 1.807) is 6.07 Å². The van der Waals surface area contributed by atoms with Crippen LogP contribution in [0.3, 0.4) is 0 Å². The minimum absolute atomic E-state index is 0.0760. The largest absolute Gasteiger partial charge is 0.508 e. The number of phenols is 1. The van der Waals surface area contributed by atoms with Crippen LogP contribution < -0.4 is 0 Å². The van der Waals surface area contributed by atoms with Crippen molar-refractivity contribution in [1.29, 1.82) is 0 Å². The molecule has 1 aliphatic heterocycles. The minimum Gasteiger partial charge on any atom is -0.508 e. The number of aromatic hydroxyl groups is 1. The third kappa shape index (κ3) is 3.73. The Morgan fingerprint density at radius 3 is 2.52 bits per heavy atom. The number of likely N-dealkylation sites (tertiary alicyclic amines) is 1. The van der Waals surface area contributed by atoms with Gasteiger partial charge in [0.2, 0.25) is 0 Å². The molecule has 0 aliphatic carbocycles. The molecule has 0 amide bonds. The summed E-state index contributed by atoms with van der Waals surface area (Å²) >= 11 is 0. The number of aliphatic carboxylic acids is 1. The molecule has 1 saturated heterocycles. The van der Waals surface area contributed by atoms with Crippen LogP contribution in [0.1, 0.15) is 38.2 Å². The summed E-state index contributed by atoms with van der Waals surface area (Å²) in [6, 6.07) is 4.04. The summed E-state index contributed by atoms with van der Waals surface area (Å²) < 4.78 is 13.3. The zero-order valence-corrected chi connectivity index (χ0v) is 12.3. The van der Waals surface area contributed by atoms with E-state index in [-0.39, 0.29) is 5.75 Å². The SMILES string of the molecule is CCCC1(C(=O)O)CCN(Cc2cc(O)cc(F)c2)CC1. The van der Waals surface area contributed by atoms with E-state index in [0.717, 1.165) is 12.5 Å². The molecule has 0 bridgehead atoms. The smallest absolute Gasteiger partial charge is 0.309 e. The number of piperidine rings is 1.